The van der Waals surface area contributed by atoms with Crippen LogP contribution in [0.15, 0.2) is 66.4 Å². The zero-order valence-electron chi connectivity index (χ0n) is 17.8. The van der Waals surface area contributed by atoms with E-state index in [4.69, 9.17) is 19.2 Å². The van der Waals surface area contributed by atoms with Gasteiger partial charge in [-0.25, -0.2) is 9.78 Å². The maximum atomic E-state index is 13.1. The molecule has 0 spiro atoms. The van der Waals surface area contributed by atoms with Crippen LogP contribution < -0.4 is 14.8 Å². The number of methoxy groups -OCH3 is 1. The fraction of sp³-hybridized carbons (Fsp3) is 0.250. The SMILES string of the molecule is C=CCOC(=O)C1=C(C)Nc2nc3ccccc3n2[C@@H]1c1ccc(OCC)c(OC)c1. The van der Waals surface area contributed by atoms with Crippen LogP contribution in [0.25, 0.3) is 11.0 Å². The minimum absolute atomic E-state index is 0.131. The number of carbonyl (C=O) groups is 1. The molecule has 0 saturated carbocycles. The van der Waals surface area contributed by atoms with Crippen molar-refractivity contribution in [2.24, 2.45) is 0 Å². The Hall–Kier alpha value is -3.74. The first kappa shape index (κ1) is 20.5. The van der Waals surface area contributed by atoms with Gasteiger partial charge in [-0.1, -0.05) is 30.9 Å². The maximum Gasteiger partial charge on any atom is 0.338 e. The maximum absolute atomic E-state index is 13.1. The zero-order valence-corrected chi connectivity index (χ0v) is 17.8. The van der Waals surface area contributed by atoms with Crippen molar-refractivity contribution in [1.29, 1.82) is 0 Å². The number of allylic oxidation sites excluding steroid dienone is 1. The van der Waals surface area contributed by atoms with Crippen LogP contribution in [0.3, 0.4) is 0 Å². The van der Waals surface area contributed by atoms with Crippen molar-refractivity contribution in [2.75, 3.05) is 25.6 Å². The summed E-state index contributed by atoms with van der Waals surface area (Å²) in [5, 5.41) is 3.27. The van der Waals surface area contributed by atoms with E-state index in [2.05, 4.69) is 11.9 Å². The molecule has 1 aliphatic heterocycles. The zero-order chi connectivity index (χ0) is 22.0. The molecule has 2 heterocycles. The predicted molar refractivity (Wildman–Crippen MR) is 120 cm³/mol. The van der Waals surface area contributed by atoms with E-state index in [1.807, 2.05) is 60.9 Å². The fourth-order valence-electron chi connectivity index (χ4n) is 3.89. The van der Waals surface area contributed by atoms with Crippen LogP contribution in [0.4, 0.5) is 5.95 Å². The van der Waals surface area contributed by atoms with Gasteiger partial charge in [0, 0.05) is 5.70 Å². The third-order valence-electron chi connectivity index (χ3n) is 5.19. The molecular formula is C24H25N3O4. The molecule has 0 fully saturated rings. The summed E-state index contributed by atoms with van der Waals surface area (Å²) in [4.78, 5) is 17.8. The van der Waals surface area contributed by atoms with Crippen molar-refractivity contribution < 1.29 is 19.0 Å². The van der Waals surface area contributed by atoms with Gasteiger partial charge in [-0.3, -0.25) is 4.57 Å². The van der Waals surface area contributed by atoms with Crippen molar-refractivity contribution >= 4 is 23.0 Å². The molecular weight excluding hydrogens is 394 g/mol. The van der Waals surface area contributed by atoms with Crippen molar-refractivity contribution in [3.63, 3.8) is 0 Å². The molecule has 0 saturated heterocycles. The standard InChI is InChI=1S/C24H25N3O4/c1-5-13-31-23(28)21-15(3)25-24-26-17-9-7-8-10-18(17)27(24)22(21)16-11-12-19(30-6-2)20(14-16)29-4/h5,7-12,14,22H,1,6,13H2,2-4H3,(H,25,26)/t22-/m1/s1. The van der Waals surface area contributed by atoms with Gasteiger partial charge in [-0.05, 0) is 43.7 Å². The Labute approximate surface area is 180 Å². The van der Waals surface area contributed by atoms with Gasteiger partial charge in [0.1, 0.15) is 6.61 Å². The fourth-order valence-corrected chi connectivity index (χ4v) is 3.89. The van der Waals surface area contributed by atoms with Crippen LogP contribution in [0, 0.1) is 0 Å². The van der Waals surface area contributed by atoms with Crippen molar-refractivity contribution in [2.45, 2.75) is 19.9 Å². The van der Waals surface area contributed by atoms with Crippen LogP contribution in [-0.2, 0) is 9.53 Å². The number of hydrogen-bond donors (Lipinski definition) is 1. The number of ether oxygens (including phenoxy) is 3. The summed E-state index contributed by atoms with van der Waals surface area (Å²) in [7, 11) is 1.60. The second-order valence-corrected chi connectivity index (χ2v) is 7.09. The van der Waals surface area contributed by atoms with Crippen LogP contribution in [0.1, 0.15) is 25.5 Å². The van der Waals surface area contributed by atoms with Gasteiger partial charge in [0.05, 0.1) is 36.4 Å². The Morgan fingerprint density at radius 1 is 1.26 bits per heavy atom. The molecule has 0 unspecified atom stereocenters. The number of fused-ring (bicyclic) bond motifs is 3. The van der Waals surface area contributed by atoms with Crippen molar-refractivity contribution in [3.05, 3.63) is 72.0 Å². The molecule has 7 heteroatoms. The predicted octanol–water partition coefficient (Wildman–Crippen LogP) is 4.46. The summed E-state index contributed by atoms with van der Waals surface area (Å²) in [5.41, 5.74) is 3.79. The lowest BCUT2D eigenvalue weighted by atomic mass is 9.94. The van der Waals surface area contributed by atoms with Crippen molar-refractivity contribution in [3.8, 4) is 11.5 Å². The Morgan fingerprint density at radius 2 is 2.06 bits per heavy atom. The summed E-state index contributed by atoms with van der Waals surface area (Å²) >= 11 is 0. The van der Waals surface area contributed by atoms with Crippen molar-refractivity contribution in [1.82, 2.24) is 9.55 Å². The highest BCUT2D eigenvalue weighted by Gasteiger charge is 2.35. The van der Waals surface area contributed by atoms with E-state index in [0.717, 1.165) is 16.6 Å². The lowest BCUT2D eigenvalue weighted by Gasteiger charge is -2.30. The highest BCUT2D eigenvalue weighted by atomic mass is 16.5. The van der Waals surface area contributed by atoms with E-state index in [-0.39, 0.29) is 6.61 Å². The normalized spacial score (nSPS) is 15.3. The quantitative estimate of drug-likeness (QED) is 0.450. The Kier molecular flexibility index (Phi) is 5.66. The number of nitrogens with one attached hydrogen (secondary N) is 1. The highest BCUT2D eigenvalue weighted by molar-refractivity contribution is 5.94. The Balaban J connectivity index is 1.93. The van der Waals surface area contributed by atoms with Gasteiger partial charge in [0.15, 0.2) is 11.5 Å². The molecule has 0 bridgehead atoms. The number of nitrogens with zero attached hydrogens (tertiary/aromatic N) is 2. The van der Waals surface area contributed by atoms with Crippen LogP contribution in [0.5, 0.6) is 11.5 Å². The summed E-state index contributed by atoms with van der Waals surface area (Å²) in [6.45, 7) is 8.07. The molecule has 1 atom stereocenters. The Bertz CT molecular complexity index is 1180. The number of anilines is 1. The van der Waals surface area contributed by atoms with Gasteiger partial charge < -0.3 is 19.5 Å². The monoisotopic (exact) mass is 419 g/mol. The first-order valence-corrected chi connectivity index (χ1v) is 10.1. The number of para-hydroxylation sites is 2. The smallest absolute Gasteiger partial charge is 0.338 e. The molecule has 7 nitrogen and oxygen atoms in total. The largest absolute Gasteiger partial charge is 0.493 e. The van der Waals surface area contributed by atoms with Gasteiger partial charge in [-0.2, -0.15) is 0 Å². The second kappa shape index (κ2) is 8.55. The van der Waals surface area contributed by atoms with Gasteiger partial charge in [0.2, 0.25) is 5.95 Å². The number of carbonyl (C=O) groups excluding carboxylic acids is 1. The molecule has 0 radical (unpaired) electrons. The summed E-state index contributed by atoms with van der Waals surface area (Å²) < 4.78 is 18.7. The number of rotatable bonds is 7. The summed E-state index contributed by atoms with van der Waals surface area (Å²) in [6.07, 6.45) is 1.55. The van der Waals surface area contributed by atoms with E-state index in [9.17, 15) is 4.79 Å². The lowest BCUT2D eigenvalue weighted by Crippen LogP contribution is -2.29. The number of esters is 1. The van der Waals surface area contributed by atoms with Crippen LogP contribution in [0.2, 0.25) is 0 Å². The highest BCUT2D eigenvalue weighted by Crippen LogP contribution is 2.41. The summed E-state index contributed by atoms with van der Waals surface area (Å²) in [6, 6.07) is 13.1. The van der Waals surface area contributed by atoms with Crippen LogP contribution in [-0.4, -0.2) is 35.8 Å². The average Bonchev–Trinajstić information content (AvgIpc) is 3.14. The van der Waals surface area contributed by atoms with Crippen LogP contribution >= 0.6 is 0 Å². The number of benzene rings is 2. The van der Waals surface area contributed by atoms with E-state index in [0.29, 0.717) is 35.3 Å². The first-order chi connectivity index (χ1) is 15.1. The van der Waals surface area contributed by atoms with E-state index in [1.165, 1.54) is 0 Å². The minimum atomic E-state index is -0.453. The number of imidazole rings is 1. The Morgan fingerprint density at radius 3 is 2.81 bits per heavy atom. The molecule has 1 aromatic heterocycles. The molecule has 0 amide bonds. The van der Waals surface area contributed by atoms with Gasteiger partial charge in [0.25, 0.3) is 0 Å². The molecule has 3 aromatic rings. The molecule has 1 N–H and O–H groups in total. The molecule has 31 heavy (non-hydrogen) atoms. The topological polar surface area (TPSA) is 74.6 Å². The molecule has 160 valence electrons. The molecule has 1 aliphatic rings. The number of aromatic nitrogens is 2. The number of hydrogen-bond acceptors (Lipinski definition) is 6. The molecule has 0 aliphatic carbocycles. The van der Waals surface area contributed by atoms with Gasteiger partial charge in [-0.15, -0.1) is 0 Å². The third kappa shape index (κ3) is 3.63. The third-order valence-corrected chi connectivity index (χ3v) is 5.19. The van der Waals surface area contributed by atoms with E-state index < -0.39 is 12.0 Å². The van der Waals surface area contributed by atoms with Gasteiger partial charge >= 0.3 is 5.97 Å². The second-order valence-electron chi connectivity index (χ2n) is 7.09. The first-order valence-electron chi connectivity index (χ1n) is 10.1. The van der Waals surface area contributed by atoms with E-state index in [1.54, 1.807) is 13.2 Å². The minimum Gasteiger partial charge on any atom is -0.493 e. The summed E-state index contributed by atoms with van der Waals surface area (Å²) in [5.74, 6) is 1.50. The molecule has 4 rings (SSSR count). The molecule has 2 aromatic carbocycles. The van der Waals surface area contributed by atoms with E-state index >= 15 is 0 Å². The lowest BCUT2D eigenvalue weighted by molar-refractivity contribution is -0.138. The average molecular weight is 419 g/mol.